The molecule has 0 aliphatic carbocycles. The second kappa shape index (κ2) is 18.1. The van der Waals surface area contributed by atoms with Crippen LogP contribution in [0.1, 0.15) is 98.3 Å². The lowest BCUT2D eigenvalue weighted by molar-refractivity contribution is 0.101. The number of Topliss-reactive ketones (excluding diaryl/α,β-unsaturated/α-hetero) is 1. The average molecular weight is 596 g/mol. The standard InChI is InChI=1S/C25H33NO.C14H20N2O/c1-5-7-25(23-9-8-19(3)20(6-2)18-23)26-16-14-22(15-17-26)21-10-12-24(27-4)13-11-21;1-4-6-10-16(9-5-2)14-8-7-13(11-15-14)12(3)17/h7-13,18,22H,5-6,14-17H2,1-4H3;4,7-8,11H,1,5-6,9-10H2,2-3H3. The van der Waals surface area contributed by atoms with E-state index in [-0.39, 0.29) is 5.78 Å². The van der Waals surface area contributed by atoms with Gasteiger partial charge in [-0.15, -0.1) is 6.58 Å². The fourth-order valence-corrected chi connectivity index (χ4v) is 5.80. The van der Waals surface area contributed by atoms with Crippen LogP contribution in [0.25, 0.3) is 5.70 Å². The Morgan fingerprint density at radius 1 is 1.02 bits per heavy atom. The number of aromatic nitrogens is 1. The van der Waals surface area contributed by atoms with Crippen LogP contribution < -0.4 is 9.64 Å². The second-order valence-electron chi connectivity index (χ2n) is 11.6. The van der Waals surface area contributed by atoms with Gasteiger partial charge >= 0.3 is 0 Å². The summed E-state index contributed by atoms with van der Waals surface area (Å²) in [6.07, 6.45) is 12.6. The molecule has 0 unspecified atom stereocenters. The van der Waals surface area contributed by atoms with Gasteiger partial charge in [-0.3, -0.25) is 4.79 Å². The molecule has 2 aromatic carbocycles. The third-order valence-corrected chi connectivity index (χ3v) is 8.42. The summed E-state index contributed by atoms with van der Waals surface area (Å²) in [5, 5.41) is 0. The van der Waals surface area contributed by atoms with Gasteiger partial charge in [-0.1, -0.05) is 57.2 Å². The molecule has 1 aromatic heterocycles. The lowest BCUT2D eigenvalue weighted by Gasteiger charge is -2.36. The number of piperidine rings is 1. The number of carbonyl (C=O) groups is 1. The molecule has 1 saturated heterocycles. The second-order valence-corrected chi connectivity index (χ2v) is 11.6. The molecule has 1 aliphatic heterocycles. The minimum absolute atomic E-state index is 0.0529. The highest BCUT2D eigenvalue weighted by molar-refractivity contribution is 5.93. The van der Waals surface area contributed by atoms with E-state index in [0.717, 1.165) is 63.4 Å². The number of anilines is 1. The lowest BCUT2D eigenvalue weighted by atomic mass is 9.88. The fraction of sp³-hybridized carbons (Fsp3) is 0.436. The number of ether oxygens (including phenoxy) is 1. The van der Waals surface area contributed by atoms with Crippen LogP contribution in [-0.2, 0) is 6.42 Å². The van der Waals surface area contributed by atoms with E-state index in [1.165, 1.54) is 40.8 Å². The maximum Gasteiger partial charge on any atom is 0.161 e. The predicted octanol–water partition coefficient (Wildman–Crippen LogP) is 9.27. The Labute approximate surface area is 266 Å². The summed E-state index contributed by atoms with van der Waals surface area (Å²) in [6.45, 7) is 18.3. The number of aryl methyl sites for hydroxylation is 2. The van der Waals surface area contributed by atoms with E-state index < -0.39 is 0 Å². The predicted molar refractivity (Wildman–Crippen MR) is 187 cm³/mol. The van der Waals surface area contributed by atoms with Crippen molar-refractivity contribution in [3.8, 4) is 5.75 Å². The van der Waals surface area contributed by atoms with Crippen molar-refractivity contribution in [2.45, 2.75) is 79.1 Å². The lowest BCUT2D eigenvalue weighted by Crippen LogP contribution is -2.31. The number of methoxy groups -OCH3 is 1. The maximum absolute atomic E-state index is 11.2. The summed E-state index contributed by atoms with van der Waals surface area (Å²) in [5.41, 5.74) is 7.76. The zero-order valence-electron chi connectivity index (χ0n) is 27.9. The average Bonchev–Trinajstić information content (AvgIpc) is 3.06. The van der Waals surface area contributed by atoms with Crippen LogP contribution in [0, 0.1) is 6.92 Å². The molecular weight excluding hydrogens is 542 g/mol. The van der Waals surface area contributed by atoms with E-state index in [9.17, 15) is 4.79 Å². The summed E-state index contributed by atoms with van der Waals surface area (Å²) >= 11 is 0. The SMILES string of the molecule is C=CCCN(CCC)c1ccc(C(C)=O)cn1.CCC=C(c1ccc(C)c(CC)c1)N1CCC(c2ccc(OC)cc2)CC1. The van der Waals surface area contributed by atoms with Crippen molar-refractivity contribution < 1.29 is 9.53 Å². The van der Waals surface area contributed by atoms with Gasteiger partial charge in [-0.2, -0.15) is 0 Å². The van der Waals surface area contributed by atoms with Crippen LogP contribution in [-0.4, -0.2) is 49.0 Å². The van der Waals surface area contributed by atoms with Gasteiger partial charge in [0, 0.05) is 43.6 Å². The minimum atomic E-state index is 0.0529. The number of hydrogen-bond donors (Lipinski definition) is 0. The summed E-state index contributed by atoms with van der Waals surface area (Å²) in [4.78, 5) is 20.3. The Morgan fingerprint density at radius 2 is 1.73 bits per heavy atom. The molecule has 0 N–H and O–H groups in total. The highest BCUT2D eigenvalue weighted by Crippen LogP contribution is 2.33. The molecule has 0 atom stereocenters. The molecule has 0 radical (unpaired) electrons. The molecule has 0 bridgehead atoms. The number of allylic oxidation sites excluding steroid dienone is 1. The van der Waals surface area contributed by atoms with E-state index in [2.05, 4.69) is 97.6 Å². The van der Waals surface area contributed by atoms with Crippen LogP contribution in [0.4, 0.5) is 5.82 Å². The Morgan fingerprint density at radius 3 is 2.27 bits per heavy atom. The van der Waals surface area contributed by atoms with Crippen molar-refractivity contribution in [1.82, 2.24) is 9.88 Å². The molecule has 2 heterocycles. The first kappa shape index (κ1) is 34.6. The topological polar surface area (TPSA) is 45.7 Å². The van der Waals surface area contributed by atoms with Crippen molar-refractivity contribution >= 4 is 17.3 Å². The maximum atomic E-state index is 11.2. The molecule has 0 saturated carbocycles. The van der Waals surface area contributed by atoms with Crippen molar-refractivity contribution in [3.05, 3.63) is 107 Å². The quantitative estimate of drug-likeness (QED) is 0.146. The number of rotatable bonds is 13. The van der Waals surface area contributed by atoms with E-state index in [4.69, 9.17) is 4.74 Å². The zero-order chi connectivity index (χ0) is 31.9. The molecule has 1 aliphatic rings. The van der Waals surface area contributed by atoms with Crippen molar-refractivity contribution in [2.24, 2.45) is 0 Å². The molecule has 236 valence electrons. The van der Waals surface area contributed by atoms with Gasteiger partial charge < -0.3 is 14.5 Å². The number of likely N-dealkylation sites (tertiary alicyclic amines) is 1. The first-order chi connectivity index (χ1) is 21.3. The number of ketones is 1. The number of carbonyl (C=O) groups excluding carboxylic acids is 1. The summed E-state index contributed by atoms with van der Waals surface area (Å²) < 4.78 is 5.29. The normalized spacial score (nSPS) is 13.6. The van der Waals surface area contributed by atoms with Gasteiger partial charge in [0.25, 0.3) is 0 Å². The van der Waals surface area contributed by atoms with Crippen LogP contribution >= 0.6 is 0 Å². The molecule has 5 nitrogen and oxygen atoms in total. The molecule has 3 aromatic rings. The molecule has 0 amide bonds. The number of nitrogens with zero attached hydrogens (tertiary/aromatic N) is 3. The van der Waals surface area contributed by atoms with Crippen molar-refractivity contribution in [1.29, 1.82) is 0 Å². The summed E-state index contributed by atoms with van der Waals surface area (Å²) in [5.74, 6) is 2.57. The van der Waals surface area contributed by atoms with E-state index in [0.29, 0.717) is 11.5 Å². The van der Waals surface area contributed by atoms with Gasteiger partial charge in [-0.05, 0) is 111 Å². The van der Waals surface area contributed by atoms with Crippen LogP contribution in [0.5, 0.6) is 5.75 Å². The highest BCUT2D eigenvalue weighted by Gasteiger charge is 2.23. The first-order valence-corrected chi connectivity index (χ1v) is 16.4. The molecule has 4 rings (SSSR count). The fourth-order valence-electron chi connectivity index (χ4n) is 5.80. The monoisotopic (exact) mass is 595 g/mol. The van der Waals surface area contributed by atoms with E-state index in [1.54, 1.807) is 20.2 Å². The smallest absolute Gasteiger partial charge is 0.161 e. The number of hydrogen-bond acceptors (Lipinski definition) is 5. The molecule has 1 fully saturated rings. The van der Waals surface area contributed by atoms with E-state index in [1.807, 2.05) is 18.2 Å². The molecule has 0 spiro atoms. The summed E-state index contributed by atoms with van der Waals surface area (Å²) in [7, 11) is 1.73. The molecule has 5 heteroatoms. The first-order valence-electron chi connectivity index (χ1n) is 16.4. The Balaban J connectivity index is 0.000000269. The number of pyridine rings is 1. The van der Waals surface area contributed by atoms with Crippen LogP contribution in [0.2, 0.25) is 0 Å². The number of benzene rings is 2. The van der Waals surface area contributed by atoms with Crippen molar-refractivity contribution in [2.75, 3.05) is 38.2 Å². The third kappa shape index (κ3) is 9.83. The largest absolute Gasteiger partial charge is 0.497 e. The van der Waals surface area contributed by atoms with Gasteiger partial charge in [0.15, 0.2) is 5.78 Å². The Bertz CT molecular complexity index is 1340. The third-order valence-electron chi connectivity index (χ3n) is 8.42. The van der Waals surface area contributed by atoms with Gasteiger partial charge in [0.1, 0.15) is 11.6 Å². The van der Waals surface area contributed by atoms with Crippen molar-refractivity contribution in [3.63, 3.8) is 0 Å². The van der Waals surface area contributed by atoms with Gasteiger partial charge in [0.2, 0.25) is 0 Å². The Hall–Kier alpha value is -3.86. The highest BCUT2D eigenvalue weighted by atomic mass is 16.5. The molecule has 44 heavy (non-hydrogen) atoms. The minimum Gasteiger partial charge on any atom is -0.497 e. The zero-order valence-corrected chi connectivity index (χ0v) is 27.9. The van der Waals surface area contributed by atoms with Gasteiger partial charge in [0.05, 0.1) is 7.11 Å². The molecular formula is C39H53N3O2. The van der Waals surface area contributed by atoms with Crippen LogP contribution in [0.3, 0.4) is 0 Å². The Kier molecular flexibility index (Phi) is 14.2. The van der Waals surface area contributed by atoms with Crippen LogP contribution in [0.15, 0.2) is 79.5 Å². The van der Waals surface area contributed by atoms with Gasteiger partial charge in [-0.25, -0.2) is 4.98 Å². The van der Waals surface area contributed by atoms with E-state index >= 15 is 0 Å². The summed E-state index contributed by atoms with van der Waals surface area (Å²) in [6, 6.07) is 19.4.